The van der Waals surface area contributed by atoms with Crippen LogP contribution in [0.5, 0.6) is 0 Å². The molecule has 0 aliphatic carbocycles. The van der Waals surface area contributed by atoms with E-state index in [0.29, 0.717) is 13.2 Å². The molecule has 0 spiro atoms. The average Bonchev–Trinajstić information content (AvgIpc) is 2.64. The first-order valence-electron chi connectivity index (χ1n) is 4.95. The minimum atomic E-state index is -0.878. The Hall–Kier alpha value is -0.430. The van der Waals surface area contributed by atoms with Gasteiger partial charge in [0.2, 0.25) is 0 Å². The van der Waals surface area contributed by atoms with Gasteiger partial charge in [-0.15, -0.1) is 11.3 Å². The van der Waals surface area contributed by atoms with E-state index in [0.717, 1.165) is 17.6 Å². The van der Waals surface area contributed by atoms with E-state index >= 15 is 0 Å². The Morgan fingerprint density at radius 3 is 3.19 bits per heavy atom. The van der Waals surface area contributed by atoms with Gasteiger partial charge < -0.3 is 9.84 Å². The second-order valence-electron chi connectivity index (χ2n) is 3.66. The summed E-state index contributed by atoms with van der Waals surface area (Å²) in [7, 11) is 0. The quantitative estimate of drug-likeness (QED) is 0.925. The van der Waals surface area contributed by atoms with Crippen molar-refractivity contribution < 1.29 is 14.6 Å². The number of aliphatic carboxylic acids is 1. The lowest BCUT2D eigenvalue weighted by molar-refractivity contribution is -0.156. The Bertz CT molecular complexity index is 382. The normalized spacial score (nSPS) is 22.2. The molecule has 1 aliphatic heterocycles. The van der Waals surface area contributed by atoms with Gasteiger partial charge in [-0.1, -0.05) is 0 Å². The third-order valence-electron chi connectivity index (χ3n) is 2.43. The smallest absolute Gasteiger partial charge is 0.334 e. The number of thiophene rings is 1. The third-order valence-corrected chi connectivity index (χ3v) is 4.11. The Kier molecular flexibility index (Phi) is 3.96. The first-order valence-corrected chi connectivity index (χ1v) is 6.62. The van der Waals surface area contributed by atoms with Gasteiger partial charge in [-0.3, -0.25) is 4.90 Å². The minimum absolute atomic E-state index is 0.463. The highest BCUT2D eigenvalue weighted by molar-refractivity contribution is 9.10. The highest BCUT2D eigenvalue weighted by Gasteiger charge is 2.26. The standard InChI is InChI=1S/C10H12BrNO3S/c11-7-3-8(16-6-7)4-12-1-2-15-9(5-12)10(13)14/h3,6,9H,1-2,4-5H2,(H,13,14). The summed E-state index contributed by atoms with van der Waals surface area (Å²) in [5.74, 6) is -0.878. The van der Waals surface area contributed by atoms with Gasteiger partial charge in [0.05, 0.1) is 6.61 Å². The molecule has 4 nitrogen and oxygen atoms in total. The molecule has 0 radical (unpaired) electrons. The second kappa shape index (κ2) is 5.27. The van der Waals surface area contributed by atoms with Gasteiger partial charge in [-0.2, -0.15) is 0 Å². The first kappa shape index (κ1) is 12.0. The second-order valence-corrected chi connectivity index (χ2v) is 5.58. The van der Waals surface area contributed by atoms with Crippen molar-refractivity contribution in [2.24, 2.45) is 0 Å². The number of halogens is 1. The van der Waals surface area contributed by atoms with Crippen molar-refractivity contribution in [2.75, 3.05) is 19.7 Å². The SMILES string of the molecule is O=C(O)C1CN(Cc2cc(Br)cs2)CCO1. The van der Waals surface area contributed by atoms with Crippen LogP contribution < -0.4 is 0 Å². The summed E-state index contributed by atoms with van der Waals surface area (Å²) in [6, 6.07) is 2.07. The summed E-state index contributed by atoms with van der Waals surface area (Å²) in [4.78, 5) is 14.1. The van der Waals surface area contributed by atoms with Crippen LogP contribution in [0.4, 0.5) is 0 Å². The van der Waals surface area contributed by atoms with Gasteiger partial charge in [-0.25, -0.2) is 4.79 Å². The summed E-state index contributed by atoms with van der Waals surface area (Å²) in [6.07, 6.45) is -0.683. The van der Waals surface area contributed by atoms with Gasteiger partial charge in [0, 0.05) is 34.4 Å². The molecule has 1 atom stereocenters. The number of rotatable bonds is 3. The molecule has 2 rings (SSSR count). The zero-order valence-electron chi connectivity index (χ0n) is 8.56. The zero-order chi connectivity index (χ0) is 11.5. The molecule has 88 valence electrons. The van der Waals surface area contributed by atoms with Gasteiger partial charge in [0.25, 0.3) is 0 Å². The minimum Gasteiger partial charge on any atom is -0.479 e. The molecule has 0 saturated carbocycles. The number of carboxylic acid groups (broad SMARTS) is 1. The summed E-state index contributed by atoms with van der Waals surface area (Å²) >= 11 is 5.08. The van der Waals surface area contributed by atoms with E-state index < -0.39 is 12.1 Å². The van der Waals surface area contributed by atoms with Crippen molar-refractivity contribution in [3.63, 3.8) is 0 Å². The van der Waals surface area contributed by atoms with Crippen molar-refractivity contribution in [2.45, 2.75) is 12.6 Å². The molecular formula is C10H12BrNO3S. The van der Waals surface area contributed by atoms with E-state index in [4.69, 9.17) is 9.84 Å². The van der Waals surface area contributed by atoms with Crippen molar-refractivity contribution in [3.8, 4) is 0 Å². The van der Waals surface area contributed by atoms with Crippen LogP contribution >= 0.6 is 27.3 Å². The largest absolute Gasteiger partial charge is 0.479 e. The number of morpholine rings is 1. The van der Waals surface area contributed by atoms with Crippen LogP contribution in [0.15, 0.2) is 15.9 Å². The fraction of sp³-hybridized carbons (Fsp3) is 0.500. The van der Waals surface area contributed by atoms with E-state index in [-0.39, 0.29) is 0 Å². The van der Waals surface area contributed by atoms with Crippen LogP contribution in [0.2, 0.25) is 0 Å². The fourth-order valence-corrected chi connectivity index (χ4v) is 3.15. The molecule has 0 aromatic carbocycles. The molecule has 6 heteroatoms. The Morgan fingerprint density at radius 1 is 1.75 bits per heavy atom. The van der Waals surface area contributed by atoms with Crippen molar-refractivity contribution >= 4 is 33.2 Å². The van der Waals surface area contributed by atoms with Gasteiger partial charge >= 0.3 is 5.97 Å². The predicted molar refractivity (Wildman–Crippen MR) is 64.7 cm³/mol. The summed E-state index contributed by atoms with van der Waals surface area (Å²) in [5, 5.41) is 10.9. The van der Waals surface area contributed by atoms with Crippen molar-refractivity contribution in [1.29, 1.82) is 0 Å². The molecule has 16 heavy (non-hydrogen) atoms. The molecule has 0 bridgehead atoms. The van der Waals surface area contributed by atoms with E-state index in [9.17, 15) is 4.79 Å². The maximum atomic E-state index is 10.8. The number of carboxylic acids is 1. The molecule has 1 unspecified atom stereocenters. The maximum absolute atomic E-state index is 10.8. The van der Waals surface area contributed by atoms with E-state index in [1.165, 1.54) is 4.88 Å². The Morgan fingerprint density at radius 2 is 2.56 bits per heavy atom. The molecule has 0 amide bonds. The summed E-state index contributed by atoms with van der Waals surface area (Å²) < 4.78 is 6.24. The molecule has 1 fully saturated rings. The van der Waals surface area contributed by atoms with Gasteiger partial charge in [-0.05, 0) is 22.0 Å². The number of ether oxygens (including phenoxy) is 1. The molecule has 2 heterocycles. The maximum Gasteiger partial charge on any atom is 0.334 e. The fourth-order valence-electron chi connectivity index (χ4n) is 1.65. The van der Waals surface area contributed by atoms with Crippen LogP contribution in [0, 0.1) is 0 Å². The molecule has 1 aliphatic rings. The van der Waals surface area contributed by atoms with E-state index in [1.54, 1.807) is 11.3 Å². The molecule has 1 saturated heterocycles. The number of hydrogen-bond donors (Lipinski definition) is 1. The average molecular weight is 306 g/mol. The van der Waals surface area contributed by atoms with Crippen LogP contribution in [-0.2, 0) is 16.1 Å². The number of carbonyl (C=O) groups is 1. The number of nitrogens with zero attached hydrogens (tertiary/aromatic N) is 1. The van der Waals surface area contributed by atoms with Gasteiger partial charge in [0.1, 0.15) is 0 Å². The zero-order valence-corrected chi connectivity index (χ0v) is 11.0. The highest BCUT2D eigenvalue weighted by atomic mass is 79.9. The topological polar surface area (TPSA) is 49.8 Å². The van der Waals surface area contributed by atoms with Gasteiger partial charge in [0.15, 0.2) is 6.10 Å². The lowest BCUT2D eigenvalue weighted by atomic mass is 10.2. The van der Waals surface area contributed by atoms with E-state index in [2.05, 4.69) is 26.9 Å². The Labute approximate surface area is 106 Å². The van der Waals surface area contributed by atoms with Crippen LogP contribution in [0.25, 0.3) is 0 Å². The van der Waals surface area contributed by atoms with Crippen molar-refractivity contribution in [3.05, 3.63) is 20.8 Å². The number of hydrogen-bond acceptors (Lipinski definition) is 4. The monoisotopic (exact) mass is 305 g/mol. The molecular weight excluding hydrogens is 294 g/mol. The molecule has 1 N–H and O–H groups in total. The summed E-state index contributed by atoms with van der Waals surface area (Å²) in [6.45, 7) is 2.54. The molecule has 1 aromatic heterocycles. The Balaban J connectivity index is 1.92. The lowest BCUT2D eigenvalue weighted by Gasteiger charge is -2.30. The van der Waals surface area contributed by atoms with Crippen molar-refractivity contribution in [1.82, 2.24) is 4.90 Å². The van der Waals surface area contributed by atoms with E-state index in [1.807, 2.05) is 5.38 Å². The molecule has 1 aromatic rings. The first-order chi connectivity index (χ1) is 7.65. The third kappa shape index (κ3) is 3.04. The van der Waals surface area contributed by atoms with Crippen LogP contribution in [0.1, 0.15) is 4.88 Å². The lowest BCUT2D eigenvalue weighted by Crippen LogP contribution is -2.45. The highest BCUT2D eigenvalue weighted by Crippen LogP contribution is 2.21. The summed E-state index contributed by atoms with van der Waals surface area (Å²) in [5.41, 5.74) is 0. The van der Waals surface area contributed by atoms with Crippen LogP contribution in [-0.4, -0.2) is 41.8 Å². The van der Waals surface area contributed by atoms with Crippen LogP contribution in [0.3, 0.4) is 0 Å². The predicted octanol–water partition coefficient (Wildman–Crippen LogP) is 1.80.